The maximum absolute atomic E-state index is 7.39. The van der Waals surface area contributed by atoms with Crippen LogP contribution in [0.4, 0.5) is 0 Å². The van der Waals surface area contributed by atoms with E-state index >= 15 is 0 Å². The predicted octanol–water partition coefficient (Wildman–Crippen LogP) is 6.32. The van der Waals surface area contributed by atoms with Crippen molar-refractivity contribution < 1.29 is 4.74 Å². The highest BCUT2D eigenvalue weighted by molar-refractivity contribution is 5.87. The Hall–Kier alpha value is -2.23. The van der Waals surface area contributed by atoms with Crippen LogP contribution < -0.4 is 0 Å². The molecule has 3 aliphatic carbocycles. The second kappa shape index (κ2) is 6.67. The van der Waals surface area contributed by atoms with E-state index < -0.39 is 0 Å². The second-order valence-corrected chi connectivity index (χ2v) is 11.6. The Labute approximate surface area is 197 Å². The molecule has 7 rings (SSSR count). The smallest absolute Gasteiger partial charge is 0.0980 e. The molecule has 2 spiro atoms. The highest BCUT2D eigenvalue weighted by atomic mass is 16.5. The molecule has 3 heteroatoms. The summed E-state index contributed by atoms with van der Waals surface area (Å²) < 4.78 is 7.39. The molecule has 1 aromatic carbocycles. The molecule has 33 heavy (non-hydrogen) atoms. The average molecular weight is 439 g/mol. The largest absolute Gasteiger partial charge is 0.359 e. The fraction of sp³-hybridized carbons (Fsp3) is 0.500. The van der Waals surface area contributed by atoms with Gasteiger partial charge in [0, 0.05) is 35.2 Å². The molecule has 2 bridgehead atoms. The van der Waals surface area contributed by atoms with Crippen molar-refractivity contribution in [3.63, 3.8) is 0 Å². The molecule has 5 atom stereocenters. The molecule has 3 heterocycles. The first-order chi connectivity index (χ1) is 15.9. The van der Waals surface area contributed by atoms with Crippen molar-refractivity contribution in [2.24, 2.45) is 11.3 Å². The number of nitrogens with zero attached hydrogens (tertiary/aromatic N) is 2. The van der Waals surface area contributed by atoms with E-state index in [1.54, 1.807) is 5.57 Å². The molecule has 5 aliphatic rings. The summed E-state index contributed by atoms with van der Waals surface area (Å²) in [7, 11) is 4.47. The summed E-state index contributed by atoms with van der Waals surface area (Å²) in [6.45, 7) is 2.50. The summed E-state index contributed by atoms with van der Waals surface area (Å²) >= 11 is 0. The fourth-order valence-electron chi connectivity index (χ4n) is 8.10. The zero-order valence-electron chi connectivity index (χ0n) is 20.1. The molecule has 3 nitrogen and oxygen atoms in total. The van der Waals surface area contributed by atoms with Crippen molar-refractivity contribution >= 4 is 16.3 Å². The summed E-state index contributed by atoms with van der Waals surface area (Å²) in [6, 6.07) is 9.65. The maximum Gasteiger partial charge on any atom is 0.0980 e. The van der Waals surface area contributed by atoms with Crippen molar-refractivity contribution in [2.45, 2.75) is 69.1 Å². The summed E-state index contributed by atoms with van der Waals surface area (Å²) in [5.41, 5.74) is 5.93. The van der Waals surface area contributed by atoms with Gasteiger partial charge in [-0.2, -0.15) is 0 Å². The van der Waals surface area contributed by atoms with Gasteiger partial charge in [-0.15, -0.1) is 0 Å². The van der Waals surface area contributed by atoms with E-state index in [1.165, 1.54) is 53.2 Å². The van der Waals surface area contributed by atoms with Gasteiger partial charge >= 0.3 is 0 Å². The minimum Gasteiger partial charge on any atom is -0.359 e. The number of hydrogen-bond donors (Lipinski definition) is 0. The SMILES string of the molecule is CN(C)C1CCC2=CC3=CC[C@]4(C)C(c5ccc6ccncc6c5)=CC[C@H]4[C@@]34CC[C@]2(C1)O4. The van der Waals surface area contributed by atoms with Gasteiger partial charge in [0.15, 0.2) is 0 Å². The molecule has 2 aromatic rings. The van der Waals surface area contributed by atoms with Crippen LogP contribution in [0.1, 0.15) is 57.4 Å². The van der Waals surface area contributed by atoms with E-state index in [1.807, 2.05) is 12.4 Å². The topological polar surface area (TPSA) is 25.4 Å². The van der Waals surface area contributed by atoms with Gasteiger partial charge in [0.2, 0.25) is 0 Å². The molecule has 170 valence electrons. The third kappa shape index (κ3) is 2.61. The summed E-state index contributed by atoms with van der Waals surface area (Å²) in [5, 5.41) is 2.49. The molecule has 1 aromatic heterocycles. The van der Waals surface area contributed by atoms with E-state index in [2.05, 4.69) is 73.4 Å². The number of fused-ring (bicyclic) bond motifs is 2. The van der Waals surface area contributed by atoms with E-state index in [-0.39, 0.29) is 16.6 Å². The minimum absolute atomic E-state index is 0.0276. The Morgan fingerprint density at radius 1 is 1.09 bits per heavy atom. The van der Waals surface area contributed by atoms with Gasteiger partial charge in [-0.05, 0) is 98.8 Å². The standard InChI is InChI=1S/C30H34N2O/c1-28-12-10-24-17-23-6-7-25(32(2)3)18-29(23)13-14-30(24,33-29)27(28)9-8-26(28)21-5-4-20-11-15-31-19-22(20)16-21/h4-5,8,10-11,15-17,19,25,27H,6-7,9,12-14,18H2,1-3H3/t25?,27-,28-,29-,30-/m1/s1. The van der Waals surface area contributed by atoms with Crippen LogP contribution in [0, 0.1) is 11.3 Å². The van der Waals surface area contributed by atoms with E-state index in [0.29, 0.717) is 12.0 Å². The Balaban J connectivity index is 1.28. The lowest BCUT2D eigenvalue weighted by Crippen LogP contribution is -2.54. The van der Waals surface area contributed by atoms with Crippen LogP contribution in [-0.4, -0.2) is 41.2 Å². The van der Waals surface area contributed by atoms with E-state index in [0.717, 1.165) is 19.3 Å². The van der Waals surface area contributed by atoms with E-state index in [4.69, 9.17) is 4.74 Å². The zero-order valence-corrected chi connectivity index (χ0v) is 20.1. The normalized spacial score (nSPS) is 39.0. The van der Waals surface area contributed by atoms with Crippen molar-refractivity contribution in [3.05, 3.63) is 71.6 Å². The number of hydrogen-bond acceptors (Lipinski definition) is 3. The van der Waals surface area contributed by atoms with Gasteiger partial charge in [-0.25, -0.2) is 0 Å². The Bertz CT molecular complexity index is 1250. The lowest BCUT2D eigenvalue weighted by Gasteiger charge is -2.54. The highest BCUT2D eigenvalue weighted by Gasteiger charge is 2.65. The molecule has 2 aliphatic heterocycles. The van der Waals surface area contributed by atoms with Crippen LogP contribution in [0.25, 0.3) is 16.3 Å². The molecule has 0 radical (unpaired) electrons. The third-order valence-electron chi connectivity index (χ3n) is 9.93. The monoisotopic (exact) mass is 438 g/mol. The number of benzene rings is 1. The third-order valence-corrected chi connectivity index (χ3v) is 9.93. The average Bonchev–Trinajstić information content (AvgIpc) is 3.33. The fourth-order valence-corrected chi connectivity index (χ4v) is 8.10. The van der Waals surface area contributed by atoms with Crippen molar-refractivity contribution in [1.82, 2.24) is 9.88 Å². The molecular formula is C30H34N2O. The number of aromatic nitrogens is 1. The zero-order chi connectivity index (χ0) is 22.4. The first-order valence-electron chi connectivity index (χ1n) is 12.8. The van der Waals surface area contributed by atoms with Crippen molar-refractivity contribution in [3.8, 4) is 0 Å². The molecule has 2 fully saturated rings. The first kappa shape index (κ1) is 20.2. The van der Waals surface area contributed by atoms with Crippen molar-refractivity contribution in [2.75, 3.05) is 14.1 Å². The van der Waals surface area contributed by atoms with E-state index in [9.17, 15) is 0 Å². The Kier molecular flexibility index (Phi) is 4.08. The van der Waals surface area contributed by atoms with Gasteiger partial charge in [-0.1, -0.05) is 37.3 Å². The first-order valence-corrected chi connectivity index (χ1v) is 12.8. The van der Waals surface area contributed by atoms with Crippen LogP contribution in [0.15, 0.2) is 66.0 Å². The van der Waals surface area contributed by atoms with Crippen molar-refractivity contribution in [1.29, 1.82) is 0 Å². The summed E-state index contributed by atoms with van der Waals surface area (Å²) in [5.74, 6) is 0.515. The quantitative estimate of drug-likeness (QED) is 0.549. The number of ether oxygens (including phenoxy) is 1. The Morgan fingerprint density at radius 3 is 2.88 bits per heavy atom. The highest BCUT2D eigenvalue weighted by Crippen LogP contribution is 2.67. The predicted molar refractivity (Wildman–Crippen MR) is 134 cm³/mol. The van der Waals surface area contributed by atoms with Gasteiger partial charge in [0.25, 0.3) is 0 Å². The second-order valence-electron chi connectivity index (χ2n) is 11.6. The van der Waals surface area contributed by atoms with Crippen LogP contribution in [-0.2, 0) is 4.74 Å². The number of rotatable bonds is 2. The number of allylic oxidation sites excluding steroid dienone is 3. The van der Waals surface area contributed by atoms with Gasteiger partial charge in [0.1, 0.15) is 0 Å². The lowest BCUT2D eigenvalue weighted by molar-refractivity contribution is -0.134. The molecule has 0 N–H and O–H groups in total. The lowest BCUT2D eigenvalue weighted by atomic mass is 9.58. The number of pyridine rings is 1. The van der Waals surface area contributed by atoms with Crippen LogP contribution in [0.3, 0.4) is 0 Å². The van der Waals surface area contributed by atoms with Crippen LogP contribution in [0.2, 0.25) is 0 Å². The summed E-state index contributed by atoms with van der Waals surface area (Å²) in [4.78, 5) is 6.78. The molecule has 1 saturated carbocycles. The summed E-state index contributed by atoms with van der Waals surface area (Å²) in [6.07, 6.45) is 19.7. The minimum atomic E-state index is -0.110. The molecule has 1 unspecified atom stereocenters. The molecular weight excluding hydrogens is 404 g/mol. The van der Waals surface area contributed by atoms with Crippen LogP contribution >= 0.6 is 0 Å². The Morgan fingerprint density at radius 2 is 2.00 bits per heavy atom. The van der Waals surface area contributed by atoms with Gasteiger partial charge < -0.3 is 9.64 Å². The van der Waals surface area contributed by atoms with Gasteiger partial charge in [-0.3, -0.25) is 4.98 Å². The van der Waals surface area contributed by atoms with Crippen LogP contribution in [0.5, 0.6) is 0 Å². The maximum atomic E-state index is 7.39. The molecule has 1 saturated heterocycles. The van der Waals surface area contributed by atoms with Gasteiger partial charge in [0.05, 0.1) is 11.2 Å². The molecule has 0 amide bonds.